The molecule has 0 bridgehead atoms. The van der Waals surface area contributed by atoms with Crippen LogP contribution in [0.4, 0.5) is 0 Å². The van der Waals surface area contributed by atoms with E-state index in [0.717, 1.165) is 24.8 Å². The van der Waals surface area contributed by atoms with Gasteiger partial charge in [-0.05, 0) is 64.5 Å². The SMILES string of the molecule is CCc1ccc(CN(C)C(=O)c2cc(S(=O)(=O)NC3CC3)ccc2Br)cc1. The van der Waals surface area contributed by atoms with Gasteiger partial charge < -0.3 is 4.90 Å². The van der Waals surface area contributed by atoms with E-state index in [-0.39, 0.29) is 16.8 Å². The zero-order chi connectivity index (χ0) is 19.6. The number of hydrogen-bond donors (Lipinski definition) is 1. The van der Waals surface area contributed by atoms with Crippen molar-refractivity contribution in [1.82, 2.24) is 9.62 Å². The Morgan fingerprint density at radius 2 is 1.78 bits per heavy atom. The molecule has 0 heterocycles. The molecule has 0 aliphatic heterocycles. The molecule has 3 rings (SSSR count). The van der Waals surface area contributed by atoms with Crippen LogP contribution in [0.15, 0.2) is 51.8 Å². The van der Waals surface area contributed by atoms with Crippen molar-refractivity contribution in [2.75, 3.05) is 7.05 Å². The second-order valence-corrected chi connectivity index (χ2v) is 9.44. The number of aryl methyl sites for hydroxylation is 1. The van der Waals surface area contributed by atoms with E-state index in [1.165, 1.54) is 17.7 Å². The summed E-state index contributed by atoms with van der Waals surface area (Å²) >= 11 is 3.37. The minimum Gasteiger partial charge on any atom is -0.337 e. The first-order valence-corrected chi connectivity index (χ1v) is 11.2. The van der Waals surface area contributed by atoms with Gasteiger partial charge in [0.2, 0.25) is 10.0 Å². The zero-order valence-electron chi connectivity index (χ0n) is 15.4. The summed E-state index contributed by atoms with van der Waals surface area (Å²) in [5.41, 5.74) is 2.61. The fourth-order valence-corrected chi connectivity index (χ4v) is 4.50. The van der Waals surface area contributed by atoms with Crippen molar-refractivity contribution in [2.24, 2.45) is 0 Å². The van der Waals surface area contributed by atoms with Gasteiger partial charge in [0.05, 0.1) is 10.5 Å². The van der Waals surface area contributed by atoms with E-state index in [4.69, 9.17) is 0 Å². The second-order valence-electron chi connectivity index (χ2n) is 6.87. The smallest absolute Gasteiger partial charge is 0.255 e. The molecule has 144 valence electrons. The molecule has 0 saturated heterocycles. The van der Waals surface area contributed by atoms with E-state index in [0.29, 0.717) is 16.6 Å². The highest BCUT2D eigenvalue weighted by atomic mass is 79.9. The first kappa shape index (κ1) is 20.0. The van der Waals surface area contributed by atoms with Gasteiger partial charge in [-0.3, -0.25) is 4.79 Å². The number of sulfonamides is 1. The lowest BCUT2D eigenvalue weighted by Gasteiger charge is -2.19. The maximum absolute atomic E-state index is 12.9. The predicted octanol–water partition coefficient (Wildman–Crippen LogP) is 3.72. The van der Waals surface area contributed by atoms with E-state index in [2.05, 4.69) is 39.7 Å². The topological polar surface area (TPSA) is 66.5 Å². The molecule has 7 heteroatoms. The van der Waals surface area contributed by atoms with Crippen LogP contribution in [0.2, 0.25) is 0 Å². The van der Waals surface area contributed by atoms with Crippen LogP contribution in [0.25, 0.3) is 0 Å². The van der Waals surface area contributed by atoms with Gasteiger partial charge in [0.25, 0.3) is 5.91 Å². The molecule has 1 aliphatic carbocycles. The molecule has 0 aromatic heterocycles. The average Bonchev–Trinajstić information content (AvgIpc) is 3.45. The Hall–Kier alpha value is -1.70. The van der Waals surface area contributed by atoms with Crippen molar-refractivity contribution < 1.29 is 13.2 Å². The van der Waals surface area contributed by atoms with Gasteiger partial charge in [-0.2, -0.15) is 0 Å². The average molecular weight is 451 g/mol. The molecule has 1 saturated carbocycles. The molecule has 1 N–H and O–H groups in total. The molecular formula is C20H23BrN2O3S. The fourth-order valence-electron chi connectivity index (χ4n) is 2.76. The van der Waals surface area contributed by atoms with Gasteiger partial charge in [0, 0.05) is 24.1 Å². The Labute approximate surface area is 169 Å². The van der Waals surface area contributed by atoms with E-state index in [1.54, 1.807) is 18.0 Å². The van der Waals surface area contributed by atoms with E-state index in [9.17, 15) is 13.2 Å². The molecule has 1 amide bonds. The standard InChI is InChI=1S/C20H23BrN2O3S/c1-3-14-4-6-15(7-5-14)13-23(2)20(24)18-12-17(10-11-19(18)21)27(25,26)22-16-8-9-16/h4-7,10-12,16,22H,3,8-9,13H2,1-2H3. The number of amides is 1. The number of nitrogens with one attached hydrogen (secondary N) is 1. The molecule has 2 aromatic carbocycles. The molecule has 2 aromatic rings. The lowest BCUT2D eigenvalue weighted by atomic mass is 10.1. The Morgan fingerprint density at radius 3 is 2.37 bits per heavy atom. The van der Waals surface area contributed by atoms with Crippen LogP contribution >= 0.6 is 15.9 Å². The Kier molecular flexibility index (Phi) is 6.03. The van der Waals surface area contributed by atoms with Crippen LogP contribution in [-0.4, -0.2) is 32.3 Å². The number of benzene rings is 2. The van der Waals surface area contributed by atoms with Gasteiger partial charge in [-0.1, -0.05) is 31.2 Å². The number of hydrogen-bond acceptors (Lipinski definition) is 3. The summed E-state index contributed by atoms with van der Waals surface area (Å²) in [5.74, 6) is -0.232. The highest BCUT2D eigenvalue weighted by molar-refractivity contribution is 9.10. The molecule has 0 atom stereocenters. The molecule has 1 fully saturated rings. The summed E-state index contributed by atoms with van der Waals surface area (Å²) in [6, 6.07) is 12.7. The largest absolute Gasteiger partial charge is 0.337 e. The first-order valence-electron chi connectivity index (χ1n) is 8.95. The Balaban J connectivity index is 1.79. The van der Waals surface area contributed by atoms with Crippen LogP contribution in [0.5, 0.6) is 0 Å². The molecule has 5 nitrogen and oxygen atoms in total. The normalized spacial score (nSPS) is 14.2. The third-order valence-corrected chi connectivity index (χ3v) is 6.79. The summed E-state index contributed by atoms with van der Waals surface area (Å²) in [4.78, 5) is 14.6. The van der Waals surface area contributed by atoms with Crippen LogP contribution in [0.1, 0.15) is 41.3 Å². The monoisotopic (exact) mass is 450 g/mol. The molecule has 0 radical (unpaired) electrons. The van der Waals surface area contributed by atoms with Crippen LogP contribution < -0.4 is 4.72 Å². The van der Waals surface area contributed by atoms with E-state index in [1.807, 2.05) is 12.1 Å². The van der Waals surface area contributed by atoms with E-state index >= 15 is 0 Å². The number of halogens is 1. The number of rotatable bonds is 7. The maximum atomic E-state index is 12.9. The minimum atomic E-state index is -3.60. The molecule has 1 aliphatic rings. The van der Waals surface area contributed by atoms with Crippen molar-refractivity contribution >= 4 is 31.9 Å². The Bertz CT molecular complexity index is 938. The number of carbonyl (C=O) groups is 1. The predicted molar refractivity (Wildman–Crippen MR) is 109 cm³/mol. The van der Waals surface area contributed by atoms with Gasteiger partial charge in [0.1, 0.15) is 0 Å². The summed E-state index contributed by atoms with van der Waals surface area (Å²) in [7, 11) is -1.89. The van der Waals surface area contributed by atoms with Crippen LogP contribution in [-0.2, 0) is 23.0 Å². The fraction of sp³-hybridized carbons (Fsp3) is 0.350. The van der Waals surface area contributed by atoms with E-state index < -0.39 is 10.0 Å². The van der Waals surface area contributed by atoms with Gasteiger partial charge in [-0.25, -0.2) is 13.1 Å². The van der Waals surface area contributed by atoms with Gasteiger partial charge >= 0.3 is 0 Å². The minimum absolute atomic E-state index is 0.0200. The summed E-state index contributed by atoms with van der Waals surface area (Å²) in [6.07, 6.45) is 2.69. The zero-order valence-corrected chi connectivity index (χ0v) is 17.8. The van der Waals surface area contributed by atoms with Gasteiger partial charge in [0.15, 0.2) is 0 Å². The molecule has 0 unspecified atom stereocenters. The maximum Gasteiger partial charge on any atom is 0.255 e. The summed E-state index contributed by atoms with van der Waals surface area (Å²) in [5, 5.41) is 0. The molecular weight excluding hydrogens is 428 g/mol. The lowest BCUT2D eigenvalue weighted by molar-refractivity contribution is 0.0784. The first-order chi connectivity index (χ1) is 12.8. The summed E-state index contributed by atoms with van der Waals surface area (Å²) in [6.45, 7) is 2.55. The quantitative estimate of drug-likeness (QED) is 0.698. The lowest BCUT2D eigenvalue weighted by Crippen LogP contribution is -2.28. The molecule has 0 spiro atoms. The Morgan fingerprint density at radius 1 is 1.15 bits per heavy atom. The summed E-state index contributed by atoms with van der Waals surface area (Å²) < 4.78 is 28.1. The molecule has 27 heavy (non-hydrogen) atoms. The second kappa shape index (κ2) is 8.12. The third kappa shape index (κ3) is 4.97. The van der Waals surface area contributed by atoms with Crippen LogP contribution in [0, 0.1) is 0 Å². The van der Waals surface area contributed by atoms with Crippen molar-refractivity contribution in [3.8, 4) is 0 Å². The number of nitrogens with zero attached hydrogens (tertiary/aromatic N) is 1. The van der Waals surface area contributed by atoms with Crippen molar-refractivity contribution in [3.05, 3.63) is 63.6 Å². The van der Waals surface area contributed by atoms with Crippen molar-refractivity contribution in [2.45, 2.75) is 43.7 Å². The third-order valence-electron chi connectivity index (χ3n) is 4.58. The van der Waals surface area contributed by atoms with Crippen LogP contribution in [0.3, 0.4) is 0 Å². The highest BCUT2D eigenvalue weighted by Crippen LogP contribution is 2.26. The highest BCUT2D eigenvalue weighted by Gasteiger charge is 2.29. The van der Waals surface area contributed by atoms with Gasteiger partial charge in [-0.15, -0.1) is 0 Å². The van der Waals surface area contributed by atoms with Crippen molar-refractivity contribution in [3.63, 3.8) is 0 Å². The van der Waals surface area contributed by atoms with Crippen molar-refractivity contribution in [1.29, 1.82) is 0 Å². The number of carbonyl (C=O) groups excluding carboxylic acids is 1.